The van der Waals surface area contributed by atoms with Gasteiger partial charge < -0.3 is 15.4 Å². The van der Waals surface area contributed by atoms with Crippen LogP contribution >= 0.6 is 0 Å². The molecule has 0 radical (unpaired) electrons. The molecule has 0 aliphatic carbocycles. The van der Waals surface area contributed by atoms with Crippen LogP contribution in [0.2, 0.25) is 0 Å². The molecule has 3 rings (SSSR count). The molecule has 1 aromatic rings. The van der Waals surface area contributed by atoms with Gasteiger partial charge in [-0.05, 0) is 26.3 Å². The number of likely N-dealkylation sites (tertiary alicyclic amines) is 2. The van der Waals surface area contributed by atoms with Gasteiger partial charge in [-0.3, -0.25) is 4.90 Å². The van der Waals surface area contributed by atoms with E-state index in [2.05, 4.69) is 29.2 Å². The molecule has 2 unspecified atom stereocenters. The second-order valence-electron chi connectivity index (χ2n) is 8.16. The average molecular weight is 331 g/mol. The van der Waals surface area contributed by atoms with Crippen molar-refractivity contribution in [1.82, 2.24) is 9.80 Å². The van der Waals surface area contributed by atoms with Crippen molar-refractivity contribution in [2.45, 2.75) is 39.0 Å². The quantitative estimate of drug-likeness (QED) is 0.903. The number of rotatable bonds is 2. The van der Waals surface area contributed by atoms with Gasteiger partial charge >= 0.3 is 6.09 Å². The van der Waals surface area contributed by atoms with Crippen molar-refractivity contribution in [3.63, 3.8) is 0 Å². The van der Waals surface area contributed by atoms with Gasteiger partial charge in [-0.25, -0.2) is 4.79 Å². The van der Waals surface area contributed by atoms with E-state index in [0.29, 0.717) is 24.9 Å². The Kier molecular flexibility index (Phi) is 4.83. The molecule has 0 saturated carbocycles. The number of carbonyl (C=O) groups is 1. The zero-order valence-electron chi connectivity index (χ0n) is 14.9. The molecule has 5 heteroatoms. The van der Waals surface area contributed by atoms with Crippen molar-refractivity contribution in [2.75, 3.05) is 26.2 Å². The lowest BCUT2D eigenvalue weighted by Gasteiger charge is -2.49. The second-order valence-corrected chi connectivity index (χ2v) is 8.16. The number of nitrogens with zero attached hydrogens (tertiary/aromatic N) is 2. The topological polar surface area (TPSA) is 58.8 Å². The predicted molar refractivity (Wildman–Crippen MR) is 94.5 cm³/mol. The lowest BCUT2D eigenvalue weighted by molar-refractivity contribution is -0.0188. The molecule has 2 bridgehead atoms. The fraction of sp³-hybridized carbons (Fsp3) is 0.632. The number of amides is 1. The maximum atomic E-state index is 12.4. The van der Waals surface area contributed by atoms with Gasteiger partial charge in [0.1, 0.15) is 5.60 Å². The third-order valence-electron chi connectivity index (χ3n) is 4.88. The summed E-state index contributed by atoms with van der Waals surface area (Å²) in [5.74, 6) is 0.627. The Morgan fingerprint density at radius 1 is 1.12 bits per heavy atom. The molecular formula is C19H29N3O2. The van der Waals surface area contributed by atoms with E-state index in [4.69, 9.17) is 10.5 Å². The second kappa shape index (κ2) is 6.73. The predicted octanol–water partition coefficient (Wildman–Crippen LogP) is 2.31. The molecule has 0 spiro atoms. The van der Waals surface area contributed by atoms with Crippen molar-refractivity contribution in [3.05, 3.63) is 35.9 Å². The summed E-state index contributed by atoms with van der Waals surface area (Å²) < 4.78 is 5.53. The number of nitrogens with two attached hydrogens (primary N) is 1. The number of piperidine rings is 2. The van der Waals surface area contributed by atoms with Crippen LogP contribution in [0.4, 0.5) is 4.79 Å². The fourth-order valence-electron chi connectivity index (χ4n) is 3.81. The Bertz CT molecular complexity index is 554. The van der Waals surface area contributed by atoms with E-state index in [9.17, 15) is 4.79 Å². The van der Waals surface area contributed by atoms with E-state index < -0.39 is 5.60 Å². The molecule has 2 N–H and O–H groups in total. The van der Waals surface area contributed by atoms with Crippen molar-refractivity contribution in [3.8, 4) is 0 Å². The first-order valence-corrected chi connectivity index (χ1v) is 8.81. The van der Waals surface area contributed by atoms with Crippen LogP contribution in [-0.4, -0.2) is 53.7 Å². The summed E-state index contributed by atoms with van der Waals surface area (Å²) in [6.45, 7) is 9.93. The first-order chi connectivity index (χ1) is 11.3. The molecule has 1 aromatic carbocycles. The Morgan fingerprint density at radius 2 is 1.71 bits per heavy atom. The largest absolute Gasteiger partial charge is 0.444 e. The summed E-state index contributed by atoms with van der Waals surface area (Å²) in [6.07, 6.45) is -0.207. The zero-order valence-corrected chi connectivity index (χ0v) is 14.9. The molecular weight excluding hydrogens is 302 g/mol. The molecule has 2 heterocycles. The Balaban J connectivity index is 1.62. The van der Waals surface area contributed by atoms with Gasteiger partial charge in [0.25, 0.3) is 0 Å². The first kappa shape index (κ1) is 17.2. The van der Waals surface area contributed by atoms with Crippen LogP contribution in [0.25, 0.3) is 0 Å². The molecule has 24 heavy (non-hydrogen) atoms. The SMILES string of the molecule is CC(C)(C)OC(=O)N1CC2CN(Cc3ccccc3)CC(C1)C2N. The van der Waals surface area contributed by atoms with Crippen molar-refractivity contribution in [1.29, 1.82) is 0 Å². The van der Waals surface area contributed by atoms with Crippen LogP contribution < -0.4 is 5.73 Å². The van der Waals surface area contributed by atoms with E-state index >= 15 is 0 Å². The molecule has 2 aliphatic heterocycles. The Labute approximate surface area is 144 Å². The van der Waals surface area contributed by atoms with E-state index in [0.717, 1.165) is 19.6 Å². The van der Waals surface area contributed by atoms with Gasteiger partial charge in [-0.2, -0.15) is 0 Å². The van der Waals surface area contributed by atoms with Gasteiger partial charge in [-0.15, -0.1) is 0 Å². The summed E-state index contributed by atoms with van der Waals surface area (Å²) in [5, 5.41) is 0. The number of hydrogen-bond donors (Lipinski definition) is 1. The van der Waals surface area contributed by atoms with Crippen LogP contribution in [0.1, 0.15) is 26.3 Å². The molecule has 1 amide bonds. The molecule has 5 nitrogen and oxygen atoms in total. The van der Waals surface area contributed by atoms with Gasteiger partial charge in [0.05, 0.1) is 0 Å². The van der Waals surface area contributed by atoms with E-state index in [1.165, 1.54) is 5.56 Å². The molecule has 0 aromatic heterocycles. The highest BCUT2D eigenvalue weighted by atomic mass is 16.6. The summed E-state index contributed by atoms with van der Waals surface area (Å²) in [5.41, 5.74) is 7.30. The first-order valence-electron chi connectivity index (χ1n) is 8.81. The van der Waals surface area contributed by atoms with Crippen LogP contribution in [0.5, 0.6) is 0 Å². The Hall–Kier alpha value is -1.59. The van der Waals surface area contributed by atoms with E-state index in [-0.39, 0.29) is 12.1 Å². The summed E-state index contributed by atoms with van der Waals surface area (Å²) in [7, 11) is 0. The van der Waals surface area contributed by atoms with Crippen LogP contribution in [0.15, 0.2) is 30.3 Å². The standard InChI is InChI=1S/C19H29N3O2/c1-19(2,3)24-18(23)22-12-15-10-21(11-16(13-22)17(15)20)9-14-7-5-4-6-8-14/h4-8,15-17H,9-13,20H2,1-3H3. The van der Waals surface area contributed by atoms with E-state index in [1.54, 1.807) is 0 Å². The molecule has 2 fully saturated rings. The minimum atomic E-state index is -0.453. The average Bonchev–Trinajstić information content (AvgIpc) is 2.47. The number of fused-ring (bicyclic) bond motifs is 2. The molecule has 2 aliphatic rings. The van der Waals surface area contributed by atoms with Crippen LogP contribution in [0, 0.1) is 11.8 Å². The van der Waals surface area contributed by atoms with Gasteiger partial charge in [-0.1, -0.05) is 30.3 Å². The summed E-state index contributed by atoms with van der Waals surface area (Å²) in [6, 6.07) is 10.7. The third kappa shape index (κ3) is 4.08. The monoisotopic (exact) mass is 331 g/mol. The summed E-state index contributed by atoms with van der Waals surface area (Å²) >= 11 is 0. The van der Waals surface area contributed by atoms with Crippen molar-refractivity contribution >= 4 is 6.09 Å². The third-order valence-corrected chi connectivity index (χ3v) is 4.88. The van der Waals surface area contributed by atoms with Crippen molar-refractivity contribution in [2.24, 2.45) is 17.6 Å². The van der Waals surface area contributed by atoms with Crippen molar-refractivity contribution < 1.29 is 9.53 Å². The molecule has 132 valence electrons. The fourth-order valence-corrected chi connectivity index (χ4v) is 3.81. The maximum Gasteiger partial charge on any atom is 0.410 e. The minimum Gasteiger partial charge on any atom is -0.444 e. The minimum absolute atomic E-state index is 0.177. The lowest BCUT2D eigenvalue weighted by atomic mass is 9.80. The van der Waals surface area contributed by atoms with Crippen LogP contribution in [-0.2, 0) is 11.3 Å². The number of ether oxygens (including phenoxy) is 1. The van der Waals surface area contributed by atoms with Gasteiger partial charge in [0.2, 0.25) is 0 Å². The number of hydrogen-bond acceptors (Lipinski definition) is 4. The Morgan fingerprint density at radius 3 is 2.25 bits per heavy atom. The van der Waals surface area contributed by atoms with E-state index in [1.807, 2.05) is 31.7 Å². The number of benzene rings is 1. The highest BCUT2D eigenvalue weighted by molar-refractivity contribution is 5.68. The molecule has 2 atom stereocenters. The summed E-state index contributed by atoms with van der Waals surface area (Å²) in [4.78, 5) is 16.7. The highest BCUT2D eigenvalue weighted by Crippen LogP contribution is 2.29. The highest BCUT2D eigenvalue weighted by Gasteiger charge is 2.42. The maximum absolute atomic E-state index is 12.4. The smallest absolute Gasteiger partial charge is 0.410 e. The number of carbonyl (C=O) groups excluding carboxylic acids is 1. The van der Waals surface area contributed by atoms with Gasteiger partial charge in [0.15, 0.2) is 0 Å². The zero-order chi connectivity index (χ0) is 17.3. The normalized spacial score (nSPS) is 27.8. The molecule has 2 saturated heterocycles. The van der Waals surface area contributed by atoms with Gasteiger partial charge in [0, 0.05) is 50.6 Å². The lowest BCUT2D eigenvalue weighted by Crippen LogP contribution is -2.63. The van der Waals surface area contributed by atoms with Crippen LogP contribution in [0.3, 0.4) is 0 Å².